The molecule has 0 saturated carbocycles. The lowest BCUT2D eigenvalue weighted by Gasteiger charge is -2.18. The van der Waals surface area contributed by atoms with Gasteiger partial charge in [-0.25, -0.2) is 0 Å². The van der Waals surface area contributed by atoms with E-state index in [1.165, 1.54) is 6.92 Å². The molecule has 6 N–H and O–H groups in total. The topological polar surface area (TPSA) is 185 Å². The fourth-order valence-electron chi connectivity index (χ4n) is 1.64. The molecular weight excluding hydrogens is 382 g/mol. The van der Waals surface area contributed by atoms with Crippen LogP contribution < -0.4 is 16.4 Å². The molecule has 0 aliphatic heterocycles. The van der Waals surface area contributed by atoms with Crippen LogP contribution in [0.25, 0.3) is 0 Å². The molecular formula is C15H25N3O8S. The number of aliphatic hydroxyl groups excluding tert-OH is 1. The highest BCUT2D eigenvalue weighted by molar-refractivity contribution is 8.13. The summed E-state index contributed by atoms with van der Waals surface area (Å²) in [6, 6.07) is -2.40. The van der Waals surface area contributed by atoms with Gasteiger partial charge in [0.1, 0.15) is 24.7 Å². The number of carboxylic acid groups (broad SMARTS) is 1. The number of aliphatic hydroxyl groups is 1. The Hall–Kier alpha value is -2.18. The Kier molecular flexibility index (Phi) is 12.0. The first-order chi connectivity index (χ1) is 12.6. The molecule has 1 unspecified atom stereocenters. The second kappa shape index (κ2) is 13.1. The molecule has 0 rings (SSSR count). The number of hydrogen-bond acceptors (Lipinski definition) is 9. The number of carbonyl (C=O) groups excluding carboxylic acids is 4. The van der Waals surface area contributed by atoms with Gasteiger partial charge >= 0.3 is 11.9 Å². The van der Waals surface area contributed by atoms with Crippen LogP contribution >= 0.6 is 11.8 Å². The first kappa shape index (κ1) is 24.8. The number of amides is 2. The summed E-state index contributed by atoms with van der Waals surface area (Å²) in [7, 11) is 0. The van der Waals surface area contributed by atoms with Crippen LogP contribution in [0.2, 0.25) is 0 Å². The number of aliphatic carboxylic acids is 1. The van der Waals surface area contributed by atoms with Crippen molar-refractivity contribution in [1.82, 2.24) is 10.6 Å². The maximum atomic E-state index is 12.2. The van der Waals surface area contributed by atoms with Crippen molar-refractivity contribution in [3.8, 4) is 0 Å². The Morgan fingerprint density at radius 1 is 1.22 bits per heavy atom. The second-order valence-electron chi connectivity index (χ2n) is 5.43. The molecule has 27 heavy (non-hydrogen) atoms. The minimum atomic E-state index is -1.26. The van der Waals surface area contributed by atoms with E-state index in [0.717, 1.165) is 0 Å². The van der Waals surface area contributed by atoms with Gasteiger partial charge in [-0.1, -0.05) is 11.8 Å². The SMILES string of the molecule is CCOC(=O)CNC(=O)[C@H](CSC(=O)C(C)O)NC(=O)CC[C@H](N)C(=O)O. The summed E-state index contributed by atoms with van der Waals surface area (Å²) in [4.78, 5) is 57.6. The maximum absolute atomic E-state index is 12.2. The van der Waals surface area contributed by atoms with Crippen molar-refractivity contribution in [2.75, 3.05) is 18.9 Å². The van der Waals surface area contributed by atoms with E-state index >= 15 is 0 Å². The Bertz CT molecular complexity index is 555. The average molecular weight is 407 g/mol. The summed E-state index contributed by atoms with van der Waals surface area (Å²) >= 11 is 0.637. The molecule has 0 spiro atoms. The van der Waals surface area contributed by atoms with Crippen LogP contribution in [-0.4, -0.2) is 76.2 Å². The van der Waals surface area contributed by atoms with Crippen LogP contribution in [0.3, 0.4) is 0 Å². The molecule has 0 saturated heterocycles. The van der Waals surface area contributed by atoms with E-state index in [-0.39, 0.29) is 25.2 Å². The second-order valence-corrected chi connectivity index (χ2v) is 6.46. The Labute approximate surface area is 160 Å². The quantitative estimate of drug-likeness (QED) is 0.226. The van der Waals surface area contributed by atoms with Gasteiger partial charge in [0.15, 0.2) is 0 Å². The number of ether oxygens (including phenoxy) is 1. The molecule has 0 fully saturated rings. The van der Waals surface area contributed by atoms with E-state index < -0.39 is 53.6 Å². The van der Waals surface area contributed by atoms with Crippen LogP contribution in [0.1, 0.15) is 26.7 Å². The molecule has 0 aromatic rings. The smallest absolute Gasteiger partial charge is 0.325 e. The molecule has 11 nitrogen and oxygen atoms in total. The summed E-state index contributed by atoms with van der Waals surface area (Å²) in [5.74, 6) is -3.49. The third kappa shape index (κ3) is 11.2. The molecule has 3 atom stereocenters. The van der Waals surface area contributed by atoms with E-state index in [2.05, 4.69) is 15.4 Å². The lowest BCUT2D eigenvalue weighted by atomic mass is 10.1. The van der Waals surface area contributed by atoms with E-state index in [4.69, 9.17) is 10.8 Å². The van der Waals surface area contributed by atoms with Gasteiger partial charge in [0.2, 0.25) is 16.9 Å². The van der Waals surface area contributed by atoms with Crippen molar-refractivity contribution in [1.29, 1.82) is 0 Å². The number of carboxylic acids is 1. The Morgan fingerprint density at radius 3 is 2.37 bits per heavy atom. The van der Waals surface area contributed by atoms with Gasteiger partial charge in [-0.15, -0.1) is 0 Å². The molecule has 0 aromatic carbocycles. The third-order valence-electron chi connectivity index (χ3n) is 3.10. The number of carbonyl (C=O) groups is 5. The van der Waals surface area contributed by atoms with Gasteiger partial charge in [-0.2, -0.15) is 0 Å². The summed E-state index contributed by atoms with van der Waals surface area (Å²) < 4.78 is 4.67. The van der Waals surface area contributed by atoms with Gasteiger partial charge in [-0.05, 0) is 20.3 Å². The molecule has 2 amide bonds. The lowest BCUT2D eigenvalue weighted by molar-refractivity contribution is -0.143. The zero-order chi connectivity index (χ0) is 21.0. The van der Waals surface area contributed by atoms with Crippen LogP contribution in [0, 0.1) is 0 Å². The van der Waals surface area contributed by atoms with Gasteiger partial charge in [0.05, 0.1) is 6.61 Å². The minimum Gasteiger partial charge on any atom is -0.480 e. The van der Waals surface area contributed by atoms with Crippen molar-refractivity contribution >= 4 is 40.6 Å². The average Bonchev–Trinajstić information content (AvgIpc) is 2.60. The standard InChI is InChI=1S/C15H25N3O8S/c1-3-26-12(21)6-17-13(22)10(7-27-15(25)8(2)19)18-11(20)5-4-9(16)14(23)24/h8-10,19H,3-7,16H2,1-2H3,(H,17,22)(H,18,20)(H,23,24)/t8?,9-,10-/m0/s1. The van der Waals surface area contributed by atoms with Gasteiger partial charge in [-0.3, -0.25) is 24.0 Å². The van der Waals surface area contributed by atoms with Crippen molar-refractivity contribution < 1.29 is 38.9 Å². The molecule has 0 heterocycles. The molecule has 0 bridgehead atoms. The van der Waals surface area contributed by atoms with E-state index in [1.54, 1.807) is 6.92 Å². The predicted octanol–water partition coefficient (Wildman–Crippen LogP) is -2.02. The Balaban J connectivity index is 4.78. The maximum Gasteiger partial charge on any atom is 0.325 e. The number of thioether (sulfide) groups is 1. The lowest BCUT2D eigenvalue weighted by Crippen LogP contribution is -2.50. The summed E-state index contributed by atoms with van der Waals surface area (Å²) in [6.07, 6.45) is -1.63. The number of esters is 1. The highest BCUT2D eigenvalue weighted by Gasteiger charge is 2.24. The molecule has 0 aliphatic carbocycles. The highest BCUT2D eigenvalue weighted by Crippen LogP contribution is 2.09. The first-order valence-electron chi connectivity index (χ1n) is 8.14. The number of nitrogens with one attached hydrogen (secondary N) is 2. The zero-order valence-corrected chi connectivity index (χ0v) is 15.9. The predicted molar refractivity (Wildman–Crippen MR) is 95.6 cm³/mol. The molecule has 0 aliphatic rings. The first-order valence-corrected chi connectivity index (χ1v) is 9.12. The third-order valence-corrected chi connectivity index (χ3v) is 4.22. The zero-order valence-electron chi connectivity index (χ0n) is 15.1. The largest absolute Gasteiger partial charge is 0.480 e. The molecule has 0 aromatic heterocycles. The van der Waals surface area contributed by atoms with E-state index in [0.29, 0.717) is 11.8 Å². The molecule has 0 radical (unpaired) electrons. The van der Waals surface area contributed by atoms with E-state index in [9.17, 15) is 29.1 Å². The highest BCUT2D eigenvalue weighted by atomic mass is 32.2. The van der Waals surface area contributed by atoms with Crippen LogP contribution in [0.15, 0.2) is 0 Å². The molecule has 154 valence electrons. The van der Waals surface area contributed by atoms with Crippen molar-refractivity contribution in [3.63, 3.8) is 0 Å². The van der Waals surface area contributed by atoms with Crippen LogP contribution in [0.5, 0.6) is 0 Å². The Morgan fingerprint density at radius 2 is 1.85 bits per heavy atom. The van der Waals surface area contributed by atoms with Crippen molar-refractivity contribution in [2.24, 2.45) is 5.73 Å². The van der Waals surface area contributed by atoms with Crippen LogP contribution in [0.4, 0.5) is 0 Å². The summed E-state index contributed by atoms with van der Waals surface area (Å²) in [6.45, 7) is 2.58. The van der Waals surface area contributed by atoms with Gasteiger partial charge in [0, 0.05) is 12.2 Å². The van der Waals surface area contributed by atoms with Crippen molar-refractivity contribution in [3.05, 3.63) is 0 Å². The molecule has 12 heteroatoms. The monoisotopic (exact) mass is 407 g/mol. The van der Waals surface area contributed by atoms with Gasteiger partial charge in [0.25, 0.3) is 0 Å². The normalized spacial score (nSPS) is 13.8. The minimum absolute atomic E-state index is 0.136. The van der Waals surface area contributed by atoms with Crippen LogP contribution in [-0.2, 0) is 28.7 Å². The van der Waals surface area contributed by atoms with Gasteiger partial charge < -0.3 is 31.3 Å². The fraction of sp³-hybridized carbons (Fsp3) is 0.667. The summed E-state index contributed by atoms with van der Waals surface area (Å²) in [5, 5.41) is 21.9. The number of nitrogens with two attached hydrogens (primary N) is 1. The number of rotatable bonds is 12. The number of hydrogen-bond donors (Lipinski definition) is 5. The van der Waals surface area contributed by atoms with E-state index in [1.807, 2.05) is 0 Å². The summed E-state index contributed by atoms with van der Waals surface area (Å²) in [5.41, 5.74) is 5.31. The van der Waals surface area contributed by atoms with Crippen molar-refractivity contribution in [2.45, 2.75) is 44.9 Å². The fourth-order valence-corrected chi connectivity index (χ4v) is 2.45.